The van der Waals surface area contributed by atoms with Crippen molar-refractivity contribution in [2.75, 3.05) is 24.1 Å². The van der Waals surface area contributed by atoms with Crippen LogP contribution in [0.3, 0.4) is 0 Å². The van der Waals surface area contributed by atoms with Gasteiger partial charge in [0.05, 0.1) is 11.2 Å². The number of nitrogens with one attached hydrogen (secondary N) is 1. The van der Waals surface area contributed by atoms with E-state index in [9.17, 15) is 13.2 Å². The molecule has 9 heteroatoms. The highest BCUT2D eigenvalue weighted by Gasteiger charge is 2.37. The quantitative estimate of drug-likeness (QED) is 0.546. The number of pyridine rings is 1. The minimum atomic E-state index is -2.50. The van der Waals surface area contributed by atoms with Crippen LogP contribution < -0.4 is 11.1 Å². The second-order valence-corrected chi connectivity index (χ2v) is 9.10. The number of anilines is 2. The van der Waals surface area contributed by atoms with Gasteiger partial charge in [-0.1, -0.05) is 6.07 Å². The molecule has 3 N–H and O–H groups in total. The molecule has 1 aromatic carbocycles. The van der Waals surface area contributed by atoms with Gasteiger partial charge < -0.3 is 11.1 Å². The summed E-state index contributed by atoms with van der Waals surface area (Å²) >= 11 is 0. The Balaban J connectivity index is 1.29. The number of benzene rings is 1. The maximum atomic E-state index is 13.5. The van der Waals surface area contributed by atoms with Gasteiger partial charge in [0, 0.05) is 55.2 Å². The normalized spacial score (nSPS) is 23.5. The van der Waals surface area contributed by atoms with E-state index in [1.54, 1.807) is 12.4 Å². The maximum Gasteiger partial charge on any atom is 0.250 e. The summed E-state index contributed by atoms with van der Waals surface area (Å²) in [6, 6.07) is 7.98. The fourth-order valence-corrected chi connectivity index (χ4v) is 4.97. The monoisotopic (exact) mass is 456 g/mol. The smallest absolute Gasteiger partial charge is 0.250 e. The Morgan fingerprint density at radius 2 is 1.73 bits per heavy atom. The van der Waals surface area contributed by atoms with E-state index in [-0.39, 0.29) is 24.6 Å². The van der Waals surface area contributed by atoms with Crippen LogP contribution in [0.15, 0.2) is 36.8 Å². The molecular weight excluding hydrogens is 429 g/mol. The van der Waals surface area contributed by atoms with Crippen LogP contribution in [0.4, 0.5) is 24.7 Å². The average molecular weight is 457 g/mol. The second-order valence-electron chi connectivity index (χ2n) is 9.10. The van der Waals surface area contributed by atoms with Crippen LogP contribution in [0, 0.1) is 5.95 Å². The lowest BCUT2D eigenvalue weighted by Gasteiger charge is -2.40. The summed E-state index contributed by atoms with van der Waals surface area (Å²) in [5.74, 6) is -2.43. The highest BCUT2D eigenvalue weighted by Crippen LogP contribution is 2.34. The second kappa shape index (κ2) is 8.78. The van der Waals surface area contributed by atoms with E-state index in [1.807, 2.05) is 18.2 Å². The first-order valence-electron chi connectivity index (χ1n) is 11.4. The number of nitrogen functional groups attached to an aromatic ring is 1. The molecule has 2 aliphatic rings. The number of rotatable bonds is 4. The standard InChI is InChI=1S/C24H27F3N6/c25-22-20(28)12-16(13-29-22)15-1-6-21-19(11-15)23(31-14-30-21)32-17-2-4-18(5-3-17)33-9-7-24(26,27)8-10-33/h1,6,11-14,17-18H,2-5,7-10,28H2,(H,30,31,32)/t17-,18-. The molecule has 174 valence electrons. The van der Waals surface area contributed by atoms with Crippen molar-refractivity contribution in [1.82, 2.24) is 19.9 Å². The Hall–Kier alpha value is -2.94. The van der Waals surface area contributed by atoms with Gasteiger partial charge in [0.2, 0.25) is 5.95 Å². The number of piperidine rings is 1. The molecule has 1 aliphatic carbocycles. The molecule has 0 spiro atoms. The van der Waals surface area contributed by atoms with E-state index in [0.29, 0.717) is 19.1 Å². The van der Waals surface area contributed by atoms with Crippen molar-refractivity contribution in [2.45, 2.75) is 56.5 Å². The third kappa shape index (κ3) is 4.73. The number of halogens is 3. The van der Waals surface area contributed by atoms with E-state index in [4.69, 9.17) is 5.73 Å². The van der Waals surface area contributed by atoms with Gasteiger partial charge in [0.1, 0.15) is 12.1 Å². The van der Waals surface area contributed by atoms with E-state index in [1.165, 1.54) is 6.20 Å². The third-order valence-electron chi connectivity index (χ3n) is 6.92. The van der Waals surface area contributed by atoms with Gasteiger partial charge in [-0.05, 0) is 49.4 Å². The molecule has 33 heavy (non-hydrogen) atoms. The van der Waals surface area contributed by atoms with Gasteiger partial charge in [-0.2, -0.15) is 4.39 Å². The molecule has 3 aromatic rings. The van der Waals surface area contributed by atoms with Crippen molar-refractivity contribution in [3.05, 3.63) is 42.7 Å². The molecular formula is C24H27F3N6. The largest absolute Gasteiger partial charge is 0.395 e. The lowest BCUT2D eigenvalue weighted by Crippen LogP contribution is -2.47. The highest BCUT2D eigenvalue weighted by atomic mass is 19.3. The molecule has 3 heterocycles. The summed E-state index contributed by atoms with van der Waals surface area (Å²) in [5, 5.41) is 4.44. The fourth-order valence-electron chi connectivity index (χ4n) is 4.97. The molecule has 0 amide bonds. The fraction of sp³-hybridized carbons (Fsp3) is 0.458. The van der Waals surface area contributed by atoms with Gasteiger partial charge in [0.15, 0.2) is 0 Å². The number of nitrogens with zero attached hydrogens (tertiary/aromatic N) is 4. The molecule has 1 saturated heterocycles. The number of aromatic nitrogens is 3. The predicted octanol–water partition coefficient (Wildman–Crippen LogP) is 4.87. The number of alkyl halides is 2. The summed E-state index contributed by atoms with van der Waals surface area (Å²) in [6.07, 6.45) is 6.83. The van der Waals surface area contributed by atoms with Crippen molar-refractivity contribution in [3.8, 4) is 11.1 Å². The first kappa shape index (κ1) is 21.9. The first-order chi connectivity index (χ1) is 15.9. The van der Waals surface area contributed by atoms with Gasteiger partial charge in [-0.25, -0.2) is 23.7 Å². The van der Waals surface area contributed by atoms with Gasteiger partial charge in [-0.3, -0.25) is 4.90 Å². The van der Waals surface area contributed by atoms with E-state index in [0.717, 1.165) is 53.5 Å². The highest BCUT2D eigenvalue weighted by molar-refractivity contribution is 5.92. The Kier molecular flexibility index (Phi) is 5.82. The van der Waals surface area contributed by atoms with Gasteiger partial charge >= 0.3 is 0 Å². The topological polar surface area (TPSA) is 80.0 Å². The van der Waals surface area contributed by atoms with Crippen LogP contribution in [-0.2, 0) is 0 Å². The summed E-state index contributed by atoms with van der Waals surface area (Å²) < 4.78 is 40.4. The number of hydrogen-bond acceptors (Lipinski definition) is 6. The number of fused-ring (bicyclic) bond motifs is 1. The molecule has 0 unspecified atom stereocenters. The van der Waals surface area contributed by atoms with Crippen LogP contribution >= 0.6 is 0 Å². The zero-order valence-electron chi connectivity index (χ0n) is 18.3. The Labute approximate surface area is 190 Å². The summed E-state index contributed by atoms with van der Waals surface area (Å²) in [5.41, 5.74) is 8.07. The molecule has 2 aromatic heterocycles. The summed E-state index contributed by atoms with van der Waals surface area (Å²) in [4.78, 5) is 14.8. The van der Waals surface area contributed by atoms with Crippen molar-refractivity contribution in [2.24, 2.45) is 0 Å². The third-order valence-corrected chi connectivity index (χ3v) is 6.92. The van der Waals surface area contributed by atoms with Crippen molar-refractivity contribution in [3.63, 3.8) is 0 Å². The Morgan fingerprint density at radius 3 is 2.45 bits per heavy atom. The number of likely N-dealkylation sites (tertiary alicyclic amines) is 1. The Morgan fingerprint density at radius 1 is 0.970 bits per heavy atom. The molecule has 0 radical (unpaired) electrons. The van der Waals surface area contributed by atoms with Crippen molar-refractivity contribution >= 4 is 22.4 Å². The number of nitrogens with two attached hydrogens (primary N) is 1. The van der Waals surface area contributed by atoms with Crippen LogP contribution in [-0.4, -0.2) is 50.9 Å². The molecule has 0 atom stereocenters. The molecule has 1 aliphatic heterocycles. The van der Waals surface area contributed by atoms with Crippen LogP contribution in [0.2, 0.25) is 0 Å². The van der Waals surface area contributed by atoms with E-state index in [2.05, 4.69) is 25.2 Å². The number of hydrogen-bond donors (Lipinski definition) is 2. The SMILES string of the molecule is Nc1cc(-c2ccc3ncnc(N[C@H]4CC[C@H](N5CCC(F)(F)CC5)CC4)c3c2)cnc1F. The molecule has 2 fully saturated rings. The molecule has 0 bridgehead atoms. The Bertz CT molecular complexity index is 1140. The maximum absolute atomic E-state index is 13.5. The van der Waals surface area contributed by atoms with E-state index >= 15 is 0 Å². The van der Waals surface area contributed by atoms with Crippen LogP contribution in [0.5, 0.6) is 0 Å². The molecule has 1 saturated carbocycles. The van der Waals surface area contributed by atoms with Crippen molar-refractivity contribution in [1.29, 1.82) is 0 Å². The summed E-state index contributed by atoms with van der Waals surface area (Å²) in [6.45, 7) is 0.968. The minimum absolute atomic E-state index is 0.00411. The molecule has 5 rings (SSSR count). The zero-order valence-corrected chi connectivity index (χ0v) is 18.3. The zero-order chi connectivity index (χ0) is 23.0. The van der Waals surface area contributed by atoms with Crippen molar-refractivity contribution < 1.29 is 13.2 Å². The summed E-state index contributed by atoms with van der Waals surface area (Å²) in [7, 11) is 0. The average Bonchev–Trinajstić information content (AvgIpc) is 2.81. The van der Waals surface area contributed by atoms with Gasteiger partial charge in [0.25, 0.3) is 5.92 Å². The van der Waals surface area contributed by atoms with E-state index < -0.39 is 11.9 Å². The van der Waals surface area contributed by atoms with Crippen LogP contribution in [0.25, 0.3) is 22.0 Å². The predicted molar refractivity (Wildman–Crippen MR) is 123 cm³/mol. The molecule has 6 nitrogen and oxygen atoms in total. The first-order valence-corrected chi connectivity index (χ1v) is 11.4. The lowest BCUT2D eigenvalue weighted by molar-refractivity contribution is -0.0657. The minimum Gasteiger partial charge on any atom is -0.395 e. The lowest BCUT2D eigenvalue weighted by atomic mass is 9.88. The van der Waals surface area contributed by atoms with Gasteiger partial charge in [-0.15, -0.1) is 0 Å². The van der Waals surface area contributed by atoms with Crippen LogP contribution in [0.1, 0.15) is 38.5 Å².